The van der Waals surface area contributed by atoms with E-state index in [0.29, 0.717) is 19.3 Å². The first-order chi connectivity index (χ1) is 6.74. The second-order valence-electron chi connectivity index (χ2n) is 3.67. The first-order valence-electron chi connectivity index (χ1n) is 4.83. The van der Waals surface area contributed by atoms with Crippen LogP contribution in [-0.2, 0) is 0 Å². The highest BCUT2D eigenvalue weighted by Gasteiger charge is 2.22. The fourth-order valence-corrected chi connectivity index (χ4v) is 1.82. The summed E-state index contributed by atoms with van der Waals surface area (Å²) in [6.07, 6.45) is 0. The van der Waals surface area contributed by atoms with Gasteiger partial charge in [-0.05, 0) is 31.0 Å². The van der Waals surface area contributed by atoms with E-state index in [1.54, 1.807) is 0 Å². The smallest absolute Gasteiger partial charge is 0.231 e. The van der Waals surface area contributed by atoms with Gasteiger partial charge in [-0.3, -0.25) is 0 Å². The molecule has 1 aromatic rings. The molecule has 3 nitrogen and oxygen atoms in total. The van der Waals surface area contributed by atoms with Crippen molar-refractivity contribution in [2.75, 3.05) is 13.3 Å². The predicted octanol–water partition coefficient (Wildman–Crippen LogP) is 1.79. The normalized spacial score (nSPS) is 15.6. The van der Waals surface area contributed by atoms with Gasteiger partial charge in [-0.25, -0.2) is 0 Å². The fraction of sp³-hybridized carbons (Fsp3) is 0.455. The van der Waals surface area contributed by atoms with Crippen molar-refractivity contribution >= 4 is 0 Å². The van der Waals surface area contributed by atoms with Crippen LogP contribution in [0.1, 0.15) is 24.0 Å². The summed E-state index contributed by atoms with van der Waals surface area (Å²) in [6, 6.07) is 4.00. The summed E-state index contributed by atoms with van der Waals surface area (Å²) in [4.78, 5) is 0. The molecule has 1 aliphatic rings. The van der Waals surface area contributed by atoms with E-state index in [2.05, 4.69) is 19.9 Å². The van der Waals surface area contributed by atoms with Crippen LogP contribution in [0.3, 0.4) is 0 Å². The zero-order valence-corrected chi connectivity index (χ0v) is 8.54. The number of aryl methyl sites for hydroxylation is 1. The molecule has 2 rings (SSSR count). The molecule has 76 valence electrons. The Kier molecular flexibility index (Phi) is 2.33. The number of ether oxygens (including phenoxy) is 2. The van der Waals surface area contributed by atoms with Crippen molar-refractivity contribution in [1.29, 1.82) is 0 Å². The van der Waals surface area contributed by atoms with Gasteiger partial charge in [-0.2, -0.15) is 0 Å². The van der Waals surface area contributed by atoms with Gasteiger partial charge in [0.1, 0.15) is 0 Å². The molecular formula is C11H15NO2. The minimum atomic E-state index is 0.312. The molecule has 0 bridgehead atoms. The standard InChI is InChI=1S/C11H15NO2/c1-7-3-4-9-11(14-6-13-9)10(7)8(2)5-12/h3-4,8H,5-6,12H2,1-2H3. The van der Waals surface area contributed by atoms with Crippen LogP contribution in [0.4, 0.5) is 0 Å². The van der Waals surface area contributed by atoms with Crippen LogP contribution in [0.2, 0.25) is 0 Å². The summed E-state index contributed by atoms with van der Waals surface area (Å²) in [6.45, 7) is 5.12. The van der Waals surface area contributed by atoms with Crippen molar-refractivity contribution in [2.45, 2.75) is 19.8 Å². The maximum atomic E-state index is 5.67. The van der Waals surface area contributed by atoms with Crippen LogP contribution in [0.15, 0.2) is 12.1 Å². The summed E-state index contributed by atoms with van der Waals surface area (Å²) in [7, 11) is 0. The van der Waals surface area contributed by atoms with E-state index >= 15 is 0 Å². The molecule has 0 saturated carbocycles. The van der Waals surface area contributed by atoms with Crippen LogP contribution >= 0.6 is 0 Å². The Hall–Kier alpha value is -1.22. The lowest BCUT2D eigenvalue weighted by Gasteiger charge is -2.14. The van der Waals surface area contributed by atoms with E-state index in [-0.39, 0.29) is 0 Å². The van der Waals surface area contributed by atoms with Crippen LogP contribution in [0, 0.1) is 6.92 Å². The lowest BCUT2D eigenvalue weighted by Crippen LogP contribution is -2.11. The highest BCUT2D eigenvalue weighted by molar-refractivity contribution is 5.53. The summed E-state index contributed by atoms with van der Waals surface area (Å²) in [5, 5.41) is 0. The summed E-state index contributed by atoms with van der Waals surface area (Å²) in [5.74, 6) is 2.03. The Morgan fingerprint density at radius 2 is 2.21 bits per heavy atom. The van der Waals surface area contributed by atoms with Crippen molar-refractivity contribution < 1.29 is 9.47 Å². The zero-order chi connectivity index (χ0) is 10.1. The minimum Gasteiger partial charge on any atom is -0.454 e. The number of hydrogen-bond acceptors (Lipinski definition) is 3. The molecule has 2 N–H and O–H groups in total. The summed E-state index contributed by atoms with van der Waals surface area (Å²) in [5.41, 5.74) is 8.07. The Morgan fingerprint density at radius 3 is 2.93 bits per heavy atom. The SMILES string of the molecule is Cc1ccc2c(c1C(C)CN)OCO2. The van der Waals surface area contributed by atoms with Gasteiger partial charge >= 0.3 is 0 Å². The van der Waals surface area contributed by atoms with Gasteiger partial charge in [-0.15, -0.1) is 0 Å². The number of nitrogens with two attached hydrogens (primary N) is 1. The van der Waals surface area contributed by atoms with Gasteiger partial charge in [0.15, 0.2) is 11.5 Å². The van der Waals surface area contributed by atoms with Gasteiger partial charge in [0, 0.05) is 5.56 Å². The predicted molar refractivity (Wildman–Crippen MR) is 54.8 cm³/mol. The number of fused-ring (bicyclic) bond motifs is 1. The third kappa shape index (κ3) is 1.34. The van der Waals surface area contributed by atoms with E-state index in [0.717, 1.165) is 11.5 Å². The molecule has 14 heavy (non-hydrogen) atoms. The largest absolute Gasteiger partial charge is 0.454 e. The van der Waals surface area contributed by atoms with Gasteiger partial charge in [0.05, 0.1) is 0 Å². The van der Waals surface area contributed by atoms with Gasteiger partial charge in [0.2, 0.25) is 6.79 Å². The first-order valence-corrected chi connectivity index (χ1v) is 4.83. The minimum absolute atomic E-state index is 0.312. The van der Waals surface area contributed by atoms with E-state index < -0.39 is 0 Å². The molecule has 0 aromatic heterocycles. The van der Waals surface area contributed by atoms with E-state index in [4.69, 9.17) is 15.2 Å². The molecular weight excluding hydrogens is 178 g/mol. The number of hydrogen-bond donors (Lipinski definition) is 1. The van der Waals surface area contributed by atoms with E-state index in [1.807, 2.05) is 6.07 Å². The van der Waals surface area contributed by atoms with Crippen LogP contribution < -0.4 is 15.2 Å². The molecule has 1 atom stereocenters. The van der Waals surface area contributed by atoms with Crippen LogP contribution in [0.25, 0.3) is 0 Å². The topological polar surface area (TPSA) is 44.5 Å². The molecule has 1 aliphatic heterocycles. The molecule has 0 fully saturated rings. The Bertz CT molecular complexity index is 349. The van der Waals surface area contributed by atoms with E-state index in [9.17, 15) is 0 Å². The highest BCUT2D eigenvalue weighted by Crippen LogP contribution is 2.40. The average Bonchev–Trinajstić information content (AvgIpc) is 2.64. The number of benzene rings is 1. The maximum absolute atomic E-state index is 5.67. The van der Waals surface area contributed by atoms with Gasteiger partial charge < -0.3 is 15.2 Å². The first kappa shape index (κ1) is 9.34. The average molecular weight is 193 g/mol. The van der Waals surface area contributed by atoms with Crippen molar-refractivity contribution in [3.63, 3.8) is 0 Å². The molecule has 0 saturated heterocycles. The molecule has 3 heteroatoms. The monoisotopic (exact) mass is 193 g/mol. The summed E-state index contributed by atoms with van der Waals surface area (Å²) < 4.78 is 10.8. The van der Waals surface area contributed by atoms with Crippen LogP contribution in [0.5, 0.6) is 11.5 Å². The Morgan fingerprint density at radius 1 is 1.43 bits per heavy atom. The lowest BCUT2D eigenvalue weighted by atomic mass is 9.95. The molecule has 1 aromatic carbocycles. The lowest BCUT2D eigenvalue weighted by molar-refractivity contribution is 0.173. The van der Waals surface area contributed by atoms with Crippen molar-refractivity contribution in [2.24, 2.45) is 5.73 Å². The molecule has 1 heterocycles. The zero-order valence-electron chi connectivity index (χ0n) is 8.54. The Labute approximate surface area is 83.8 Å². The van der Waals surface area contributed by atoms with Crippen molar-refractivity contribution in [1.82, 2.24) is 0 Å². The summed E-state index contributed by atoms with van der Waals surface area (Å²) >= 11 is 0. The third-order valence-corrected chi connectivity index (χ3v) is 2.64. The number of rotatable bonds is 2. The Balaban J connectivity index is 2.51. The van der Waals surface area contributed by atoms with Gasteiger partial charge in [0.25, 0.3) is 0 Å². The molecule has 0 spiro atoms. The molecule has 0 amide bonds. The fourth-order valence-electron chi connectivity index (χ4n) is 1.82. The second-order valence-corrected chi connectivity index (χ2v) is 3.67. The maximum Gasteiger partial charge on any atom is 0.231 e. The van der Waals surface area contributed by atoms with Gasteiger partial charge in [-0.1, -0.05) is 13.0 Å². The van der Waals surface area contributed by atoms with Crippen LogP contribution in [-0.4, -0.2) is 13.3 Å². The molecule has 0 aliphatic carbocycles. The molecule has 1 unspecified atom stereocenters. The quantitative estimate of drug-likeness (QED) is 0.778. The second kappa shape index (κ2) is 3.50. The third-order valence-electron chi connectivity index (χ3n) is 2.64. The highest BCUT2D eigenvalue weighted by atomic mass is 16.7. The van der Waals surface area contributed by atoms with E-state index in [1.165, 1.54) is 11.1 Å². The van der Waals surface area contributed by atoms with Crippen molar-refractivity contribution in [3.8, 4) is 11.5 Å². The molecule has 0 radical (unpaired) electrons. The van der Waals surface area contributed by atoms with Crippen molar-refractivity contribution in [3.05, 3.63) is 23.3 Å².